The molecule has 0 bridgehead atoms. The van der Waals surface area contributed by atoms with E-state index in [1.165, 1.54) is 0 Å². The van der Waals surface area contributed by atoms with Gasteiger partial charge in [-0.15, -0.1) is 0 Å². The van der Waals surface area contributed by atoms with E-state index in [0.29, 0.717) is 0 Å². The van der Waals surface area contributed by atoms with E-state index in [4.69, 9.17) is 0 Å². The molecule has 0 aromatic rings. The zero-order valence-electron chi connectivity index (χ0n) is 11.7. The van der Waals surface area contributed by atoms with Crippen molar-refractivity contribution in [1.82, 2.24) is 14.7 Å². The van der Waals surface area contributed by atoms with Gasteiger partial charge in [-0.1, -0.05) is 0 Å². The van der Waals surface area contributed by atoms with Gasteiger partial charge in [-0.05, 0) is 6.92 Å². The lowest BCUT2D eigenvalue weighted by Gasteiger charge is -2.22. The molecule has 0 radical (unpaired) electrons. The summed E-state index contributed by atoms with van der Waals surface area (Å²) in [5.41, 5.74) is 0. The average molecular weight is 227 g/mol. The molecule has 5 heteroatoms. The maximum atomic E-state index is 4.50. The molecular formula is C11H25N5. The predicted octanol–water partition coefficient (Wildman–Crippen LogP) is 0.446. The van der Waals surface area contributed by atoms with Crippen LogP contribution in [-0.4, -0.2) is 81.9 Å². The minimum absolute atomic E-state index is 0.719. The summed E-state index contributed by atoms with van der Waals surface area (Å²) in [4.78, 5) is 14.9. The topological polar surface area (TPSA) is 34.4 Å². The second-order valence-corrected chi connectivity index (χ2v) is 4.29. The molecule has 0 saturated carbocycles. The van der Waals surface area contributed by atoms with Crippen LogP contribution in [0.1, 0.15) is 6.92 Å². The van der Waals surface area contributed by atoms with Gasteiger partial charge in [0.1, 0.15) is 0 Å². The van der Waals surface area contributed by atoms with Crippen LogP contribution in [-0.2, 0) is 0 Å². The smallest absolute Gasteiger partial charge is 0.195 e. The molecule has 0 N–H and O–H groups in total. The highest BCUT2D eigenvalue weighted by Crippen LogP contribution is 1.90. The Labute approximate surface area is 99.5 Å². The van der Waals surface area contributed by atoms with Crippen LogP contribution in [0.5, 0.6) is 0 Å². The summed E-state index contributed by atoms with van der Waals surface area (Å²) in [6, 6.07) is 0. The molecule has 0 rings (SSSR count). The second kappa shape index (κ2) is 7.09. The maximum absolute atomic E-state index is 4.50. The van der Waals surface area contributed by atoms with Crippen molar-refractivity contribution in [1.29, 1.82) is 0 Å². The Hall–Kier alpha value is -1.26. The summed E-state index contributed by atoms with van der Waals surface area (Å²) >= 11 is 0. The molecule has 0 aliphatic carbocycles. The molecule has 0 unspecified atom stereocenters. The molecule has 0 heterocycles. The lowest BCUT2D eigenvalue weighted by Crippen LogP contribution is -2.35. The first kappa shape index (κ1) is 14.7. The van der Waals surface area contributed by atoms with E-state index in [1.807, 2.05) is 63.9 Å². The molecule has 0 amide bonds. The third kappa shape index (κ3) is 5.58. The number of hydrogen-bond acceptors (Lipinski definition) is 2. The van der Waals surface area contributed by atoms with Crippen LogP contribution in [0, 0.1) is 0 Å². The van der Waals surface area contributed by atoms with Crippen LogP contribution in [0.15, 0.2) is 9.98 Å². The SMILES string of the molecule is C/C(=N/CCN=C(N(C)C)N(C)C)N(C)C. The van der Waals surface area contributed by atoms with Gasteiger partial charge in [0.05, 0.1) is 18.9 Å². The van der Waals surface area contributed by atoms with Crippen molar-refractivity contribution in [3.63, 3.8) is 0 Å². The van der Waals surface area contributed by atoms with Crippen molar-refractivity contribution < 1.29 is 0 Å². The number of guanidine groups is 1. The first-order chi connectivity index (χ1) is 7.36. The number of hydrogen-bond donors (Lipinski definition) is 0. The van der Waals surface area contributed by atoms with E-state index >= 15 is 0 Å². The number of aliphatic imine (C=N–C) groups is 2. The van der Waals surface area contributed by atoms with Crippen molar-refractivity contribution in [2.24, 2.45) is 9.98 Å². The predicted molar refractivity (Wildman–Crippen MR) is 71.3 cm³/mol. The Bertz CT molecular complexity index is 243. The first-order valence-corrected chi connectivity index (χ1v) is 5.43. The summed E-state index contributed by atoms with van der Waals surface area (Å²) in [6.07, 6.45) is 0. The highest BCUT2D eigenvalue weighted by molar-refractivity contribution is 5.79. The zero-order valence-corrected chi connectivity index (χ0v) is 11.7. The summed E-state index contributed by atoms with van der Waals surface area (Å²) in [5.74, 6) is 2.00. The van der Waals surface area contributed by atoms with E-state index in [0.717, 1.165) is 24.9 Å². The molecule has 94 valence electrons. The van der Waals surface area contributed by atoms with Crippen molar-refractivity contribution in [2.75, 3.05) is 55.4 Å². The number of amidine groups is 1. The Morgan fingerprint density at radius 3 is 1.56 bits per heavy atom. The summed E-state index contributed by atoms with van der Waals surface area (Å²) in [5, 5.41) is 0. The summed E-state index contributed by atoms with van der Waals surface area (Å²) in [6.45, 7) is 3.45. The van der Waals surface area contributed by atoms with Crippen LogP contribution in [0.4, 0.5) is 0 Å². The van der Waals surface area contributed by atoms with Crippen LogP contribution in [0.3, 0.4) is 0 Å². The van der Waals surface area contributed by atoms with Crippen molar-refractivity contribution in [3.8, 4) is 0 Å². The quantitative estimate of drug-likeness (QED) is 0.399. The highest BCUT2D eigenvalue weighted by atomic mass is 15.3. The van der Waals surface area contributed by atoms with Gasteiger partial charge in [-0.25, -0.2) is 0 Å². The molecule has 5 nitrogen and oxygen atoms in total. The van der Waals surface area contributed by atoms with Crippen LogP contribution >= 0.6 is 0 Å². The second-order valence-electron chi connectivity index (χ2n) is 4.29. The van der Waals surface area contributed by atoms with E-state index in [2.05, 4.69) is 9.98 Å². The third-order valence-corrected chi connectivity index (χ3v) is 2.14. The molecule has 0 aliphatic heterocycles. The van der Waals surface area contributed by atoms with Gasteiger partial charge >= 0.3 is 0 Å². The maximum Gasteiger partial charge on any atom is 0.195 e. The van der Waals surface area contributed by atoms with E-state index in [1.54, 1.807) is 0 Å². The molecule has 0 aromatic carbocycles. The van der Waals surface area contributed by atoms with Gasteiger partial charge < -0.3 is 14.7 Å². The average Bonchev–Trinajstić information content (AvgIpc) is 2.15. The lowest BCUT2D eigenvalue weighted by atomic mass is 10.5. The standard InChI is InChI=1S/C11H25N5/c1-10(14(2)3)12-8-9-13-11(15(4)5)16(6)7/h8-9H2,1-7H3/b12-10-. The Morgan fingerprint density at radius 2 is 1.19 bits per heavy atom. The Balaban J connectivity index is 4.21. The fourth-order valence-corrected chi connectivity index (χ4v) is 1.19. The lowest BCUT2D eigenvalue weighted by molar-refractivity contribution is 0.480. The van der Waals surface area contributed by atoms with Gasteiger partial charge in [0.2, 0.25) is 0 Å². The summed E-state index contributed by atoms with van der Waals surface area (Å²) in [7, 11) is 12.0. The molecule has 0 saturated heterocycles. The minimum Gasteiger partial charge on any atom is -0.367 e. The van der Waals surface area contributed by atoms with E-state index < -0.39 is 0 Å². The Kier molecular flexibility index (Phi) is 6.53. The fourth-order valence-electron chi connectivity index (χ4n) is 1.19. The van der Waals surface area contributed by atoms with Crippen molar-refractivity contribution >= 4 is 11.8 Å². The molecule has 0 atom stereocenters. The van der Waals surface area contributed by atoms with E-state index in [9.17, 15) is 0 Å². The van der Waals surface area contributed by atoms with Crippen LogP contribution in [0.25, 0.3) is 0 Å². The number of rotatable bonds is 3. The highest BCUT2D eigenvalue weighted by Gasteiger charge is 2.02. The summed E-state index contributed by atoms with van der Waals surface area (Å²) < 4.78 is 0. The Morgan fingerprint density at radius 1 is 0.750 bits per heavy atom. The molecule has 0 aliphatic rings. The van der Waals surface area contributed by atoms with Gasteiger partial charge in [0.15, 0.2) is 5.96 Å². The van der Waals surface area contributed by atoms with Gasteiger partial charge in [0.25, 0.3) is 0 Å². The molecule has 16 heavy (non-hydrogen) atoms. The van der Waals surface area contributed by atoms with Gasteiger partial charge in [0, 0.05) is 42.3 Å². The van der Waals surface area contributed by atoms with Crippen molar-refractivity contribution in [3.05, 3.63) is 0 Å². The molecule has 0 fully saturated rings. The molecule has 0 aromatic heterocycles. The zero-order chi connectivity index (χ0) is 12.7. The number of nitrogens with zero attached hydrogens (tertiary/aromatic N) is 5. The van der Waals surface area contributed by atoms with Gasteiger partial charge in [-0.2, -0.15) is 0 Å². The van der Waals surface area contributed by atoms with Crippen LogP contribution < -0.4 is 0 Å². The van der Waals surface area contributed by atoms with E-state index in [-0.39, 0.29) is 0 Å². The van der Waals surface area contributed by atoms with Crippen LogP contribution in [0.2, 0.25) is 0 Å². The first-order valence-electron chi connectivity index (χ1n) is 5.43. The largest absolute Gasteiger partial charge is 0.367 e. The van der Waals surface area contributed by atoms with Crippen molar-refractivity contribution in [2.45, 2.75) is 6.92 Å². The fraction of sp³-hybridized carbons (Fsp3) is 0.818. The third-order valence-electron chi connectivity index (χ3n) is 2.14. The van der Waals surface area contributed by atoms with Gasteiger partial charge in [-0.3, -0.25) is 9.98 Å². The molecule has 0 spiro atoms. The normalized spacial score (nSPS) is 11.1. The molecular weight excluding hydrogens is 202 g/mol. The minimum atomic E-state index is 0.719. The monoisotopic (exact) mass is 227 g/mol.